The average molecular weight is 264 g/mol. The summed E-state index contributed by atoms with van der Waals surface area (Å²) in [5, 5.41) is 9.22. The number of nitrogen functional groups attached to an aromatic ring is 1. The van der Waals surface area contributed by atoms with Crippen LogP contribution in [0.3, 0.4) is 0 Å². The number of hydrogen-bond donors (Lipinski definition) is 2. The van der Waals surface area contributed by atoms with Crippen LogP contribution in [0.15, 0.2) is 18.2 Å². The summed E-state index contributed by atoms with van der Waals surface area (Å²) in [5.41, 5.74) is 7.01. The van der Waals surface area contributed by atoms with Crippen LogP contribution in [-0.2, 0) is 11.3 Å². The molecule has 0 amide bonds. The zero-order valence-electron chi connectivity index (χ0n) is 11.1. The Hall–Kier alpha value is -1.59. The van der Waals surface area contributed by atoms with Gasteiger partial charge in [-0.25, -0.2) is 4.79 Å². The number of hydrogen-bond acceptors (Lipinski definition) is 4. The van der Waals surface area contributed by atoms with Gasteiger partial charge in [0.25, 0.3) is 0 Å². The average Bonchev–Trinajstić information content (AvgIpc) is 2.81. The number of rotatable bonds is 5. The SMILES string of the molecule is CN(Cc1cccc(N)c1C(=O)O)CC1CCCO1. The second kappa shape index (κ2) is 6.04. The maximum absolute atomic E-state index is 11.2. The molecule has 2 rings (SSSR count). The minimum atomic E-state index is -0.974. The number of benzene rings is 1. The smallest absolute Gasteiger partial charge is 0.338 e. The summed E-state index contributed by atoms with van der Waals surface area (Å²) < 4.78 is 5.58. The first-order valence-corrected chi connectivity index (χ1v) is 6.48. The van der Waals surface area contributed by atoms with Gasteiger partial charge in [0.2, 0.25) is 0 Å². The maximum Gasteiger partial charge on any atom is 0.338 e. The van der Waals surface area contributed by atoms with Crippen LogP contribution in [0.1, 0.15) is 28.8 Å². The molecule has 0 radical (unpaired) electrons. The first-order chi connectivity index (χ1) is 9.08. The van der Waals surface area contributed by atoms with Crippen molar-refractivity contribution in [3.05, 3.63) is 29.3 Å². The van der Waals surface area contributed by atoms with Crippen molar-refractivity contribution in [1.29, 1.82) is 0 Å². The summed E-state index contributed by atoms with van der Waals surface area (Å²) in [4.78, 5) is 13.3. The normalized spacial score (nSPS) is 18.9. The van der Waals surface area contributed by atoms with Gasteiger partial charge in [0.15, 0.2) is 0 Å². The summed E-state index contributed by atoms with van der Waals surface area (Å²) in [7, 11) is 1.97. The van der Waals surface area contributed by atoms with E-state index in [1.807, 2.05) is 13.1 Å². The lowest BCUT2D eigenvalue weighted by Gasteiger charge is -2.21. The summed E-state index contributed by atoms with van der Waals surface area (Å²) in [6.45, 7) is 2.21. The fraction of sp³-hybridized carbons (Fsp3) is 0.500. The Morgan fingerprint density at radius 2 is 2.37 bits per heavy atom. The number of likely N-dealkylation sites (N-methyl/N-ethyl adjacent to an activating group) is 1. The van der Waals surface area contributed by atoms with Crippen LogP contribution in [0, 0.1) is 0 Å². The quantitative estimate of drug-likeness (QED) is 0.790. The zero-order chi connectivity index (χ0) is 13.8. The molecule has 3 N–H and O–H groups in total. The van der Waals surface area contributed by atoms with Crippen LogP contribution < -0.4 is 5.73 Å². The Kier molecular flexibility index (Phi) is 4.39. The number of carboxylic acids is 1. The van der Waals surface area contributed by atoms with Gasteiger partial charge in [-0.05, 0) is 31.5 Å². The monoisotopic (exact) mass is 264 g/mol. The van der Waals surface area contributed by atoms with Crippen LogP contribution in [0.2, 0.25) is 0 Å². The number of aromatic carboxylic acids is 1. The lowest BCUT2D eigenvalue weighted by atomic mass is 10.0. The first kappa shape index (κ1) is 13.8. The third kappa shape index (κ3) is 3.45. The Morgan fingerprint density at radius 3 is 3.00 bits per heavy atom. The van der Waals surface area contributed by atoms with Crippen molar-refractivity contribution in [3.8, 4) is 0 Å². The second-order valence-corrected chi connectivity index (χ2v) is 5.02. The largest absolute Gasteiger partial charge is 0.478 e. The van der Waals surface area contributed by atoms with Crippen molar-refractivity contribution in [2.45, 2.75) is 25.5 Å². The molecule has 104 valence electrons. The molecule has 5 heteroatoms. The molecule has 0 bridgehead atoms. The van der Waals surface area contributed by atoms with E-state index in [4.69, 9.17) is 10.5 Å². The van der Waals surface area contributed by atoms with Crippen molar-refractivity contribution >= 4 is 11.7 Å². The summed E-state index contributed by atoms with van der Waals surface area (Å²) in [6.07, 6.45) is 2.45. The summed E-state index contributed by atoms with van der Waals surface area (Å²) >= 11 is 0. The van der Waals surface area contributed by atoms with Crippen LogP contribution in [0.25, 0.3) is 0 Å². The number of anilines is 1. The molecule has 19 heavy (non-hydrogen) atoms. The molecule has 1 saturated heterocycles. The zero-order valence-corrected chi connectivity index (χ0v) is 11.1. The van der Waals surface area contributed by atoms with Gasteiger partial charge in [-0.3, -0.25) is 4.90 Å². The Bertz CT molecular complexity index is 456. The molecule has 1 aliphatic heterocycles. The van der Waals surface area contributed by atoms with Gasteiger partial charge in [-0.15, -0.1) is 0 Å². The molecule has 0 saturated carbocycles. The highest BCUT2D eigenvalue weighted by Gasteiger charge is 2.19. The summed E-state index contributed by atoms with van der Waals surface area (Å²) in [6, 6.07) is 5.22. The van der Waals surface area contributed by atoms with Gasteiger partial charge in [-0.2, -0.15) is 0 Å². The van der Waals surface area contributed by atoms with Crippen LogP contribution in [0.5, 0.6) is 0 Å². The Balaban J connectivity index is 2.05. The number of nitrogens with zero attached hydrogens (tertiary/aromatic N) is 1. The van der Waals surface area contributed by atoms with E-state index in [9.17, 15) is 9.90 Å². The standard InChI is InChI=1S/C14H20N2O3/c1-16(9-11-5-3-7-19-11)8-10-4-2-6-12(15)13(10)14(17)18/h2,4,6,11H,3,5,7-9,15H2,1H3,(H,17,18). The molecule has 1 aromatic carbocycles. The van der Waals surface area contributed by atoms with Crippen LogP contribution in [-0.4, -0.2) is 42.3 Å². The fourth-order valence-corrected chi connectivity index (χ4v) is 2.50. The second-order valence-electron chi connectivity index (χ2n) is 5.02. The highest BCUT2D eigenvalue weighted by atomic mass is 16.5. The van der Waals surface area contributed by atoms with Crippen molar-refractivity contribution in [3.63, 3.8) is 0 Å². The van der Waals surface area contributed by atoms with E-state index in [0.717, 1.165) is 31.6 Å². The highest BCUT2D eigenvalue weighted by molar-refractivity contribution is 5.95. The molecule has 1 unspecified atom stereocenters. The van der Waals surface area contributed by atoms with Gasteiger partial charge in [0.1, 0.15) is 0 Å². The fourth-order valence-electron chi connectivity index (χ4n) is 2.50. The predicted octanol–water partition coefficient (Wildman–Crippen LogP) is 1.58. The van der Waals surface area contributed by atoms with Gasteiger partial charge in [-0.1, -0.05) is 12.1 Å². The molecule has 1 fully saturated rings. The lowest BCUT2D eigenvalue weighted by Crippen LogP contribution is -2.29. The van der Waals surface area contributed by atoms with E-state index in [-0.39, 0.29) is 11.7 Å². The molecule has 1 heterocycles. The Morgan fingerprint density at radius 1 is 1.58 bits per heavy atom. The Labute approximate surface area is 113 Å². The molecule has 0 aliphatic carbocycles. The maximum atomic E-state index is 11.2. The molecule has 0 aromatic heterocycles. The van der Waals surface area contributed by atoms with E-state index in [0.29, 0.717) is 12.2 Å². The van der Waals surface area contributed by atoms with E-state index >= 15 is 0 Å². The van der Waals surface area contributed by atoms with Gasteiger partial charge in [0.05, 0.1) is 11.7 Å². The third-order valence-electron chi connectivity index (χ3n) is 3.38. The summed E-state index contributed by atoms with van der Waals surface area (Å²) in [5.74, 6) is -0.974. The van der Waals surface area contributed by atoms with Crippen molar-refractivity contribution in [2.24, 2.45) is 0 Å². The van der Waals surface area contributed by atoms with E-state index in [2.05, 4.69) is 4.90 Å². The first-order valence-electron chi connectivity index (χ1n) is 6.48. The van der Waals surface area contributed by atoms with Gasteiger partial charge in [0, 0.05) is 25.4 Å². The molecular formula is C14H20N2O3. The molecule has 1 atom stereocenters. The molecular weight excluding hydrogens is 244 g/mol. The van der Waals surface area contributed by atoms with E-state index in [1.165, 1.54) is 0 Å². The van der Waals surface area contributed by atoms with E-state index in [1.54, 1.807) is 12.1 Å². The van der Waals surface area contributed by atoms with Crippen molar-refractivity contribution in [2.75, 3.05) is 25.9 Å². The van der Waals surface area contributed by atoms with Crippen molar-refractivity contribution < 1.29 is 14.6 Å². The van der Waals surface area contributed by atoms with Crippen molar-refractivity contribution in [1.82, 2.24) is 4.90 Å². The lowest BCUT2D eigenvalue weighted by molar-refractivity contribution is 0.0692. The molecule has 1 aromatic rings. The number of nitrogens with two attached hydrogens (primary N) is 1. The van der Waals surface area contributed by atoms with Crippen LogP contribution in [0.4, 0.5) is 5.69 Å². The van der Waals surface area contributed by atoms with Crippen LogP contribution >= 0.6 is 0 Å². The molecule has 1 aliphatic rings. The minimum absolute atomic E-state index is 0.210. The van der Waals surface area contributed by atoms with Gasteiger partial charge < -0.3 is 15.6 Å². The number of ether oxygens (including phenoxy) is 1. The molecule has 5 nitrogen and oxygen atoms in total. The van der Waals surface area contributed by atoms with Gasteiger partial charge >= 0.3 is 5.97 Å². The minimum Gasteiger partial charge on any atom is -0.478 e. The molecule has 0 spiro atoms. The topological polar surface area (TPSA) is 75.8 Å². The number of carbonyl (C=O) groups is 1. The van der Waals surface area contributed by atoms with E-state index < -0.39 is 5.97 Å². The number of carboxylic acid groups (broad SMARTS) is 1. The third-order valence-corrected chi connectivity index (χ3v) is 3.38. The highest BCUT2D eigenvalue weighted by Crippen LogP contribution is 2.20. The predicted molar refractivity (Wildman–Crippen MR) is 73.1 cm³/mol.